The normalized spacial score (nSPS) is 18.2. The summed E-state index contributed by atoms with van der Waals surface area (Å²) in [7, 11) is 0. The van der Waals surface area contributed by atoms with Crippen LogP contribution in [-0.4, -0.2) is 56.1 Å². The molecule has 1 aromatic carbocycles. The number of benzene rings is 1. The van der Waals surface area contributed by atoms with Crippen LogP contribution >= 0.6 is 0 Å². The van der Waals surface area contributed by atoms with Gasteiger partial charge in [0.25, 0.3) is 0 Å². The number of nitrogens with zero attached hydrogens (tertiary/aromatic N) is 5. The number of carbonyl (C=O) groups is 1. The molecule has 0 saturated carbocycles. The molecule has 1 amide bonds. The molecule has 1 unspecified atom stereocenters. The third-order valence-corrected chi connectivity index (χ3v) is 4.72. The lowest BCUT2D eigenvalue weighted by molar-refractivity contribution is -0.135. The summed E-state index contributed by atoms with van der Waals surface area (Å²) in [5.74, 6) is 0.138. The number of piperidine rings is 1. The van der Waals surface area contributed by atoms with Gasteiger partial charge in [-0.05, 0) is 31.4 Å². The van der Waals surface area contributed by atoms with E-state index in [2.05, 4.69) is 51.1 Å². The van der Waals surface area contributed by atoms with Crippen LogP contribution in [0.5, 0.6) is 0 Å². The fraction of sp³-hybridized carbons (Fsp3) is 0.526. The number of aromatic nitrogens is 3. The number of hydrogen-bond acceptors (Lipinski definition) is 4. The fourth-order valence-corrected chi connectivity index (χ4v) is 3.57. The van der Waals surface area contributed by atoms with E-state index in [0.29, 0.717) is 0 Å². The average Bonchev–Trinajstić information content (AvgIpc) is 3.13. The van der Waals surface area contributed by atoms with Gasteiger partial charge in [0, 0.05) is 25.7 Å². The topological polar surface area (TPSA) is 54.3 Å². The van der Waals surface area contributed by atoms with Crippen LogP contribution in [0.3, 0.4) is 0 Å². The molecule has 1 aliphatic rings. The molecule has 0 N–H and O–H groups in total. The lowest BCUT2D eigenvalue weighted by Crippen LogP contribution is -2.51. The molecule has 0 bridgehead atoms. The van der Waals surface area contributed by atoms with Gasteiger partial charge in [0.15, 0.2) is 0 Å². The van der Waals surface area contributed by atoms with Gasteiger partial charge in [-0.2, -0.15) is 5.10 Å². The highest BCUT2D eigenvalue weighted by atomic mass is 16.2. The molecule has 6 heteroatoms. The molecule has 1 atom stereocenters. The van der Waals surface area contributed by atoms with Crippen molar-refractivity contribution in [2.75, 3.05) is 19.6 Å². The van der Waals surface area contributed by atoms with Crippen LogP contribution < -0.4 is 0 Å². The Morgan fingerprint density at radius 3 is 2.88 bits per heavy atom. The third-order valence-electron chi connectivity index (χ3n) is 4.72. The highest BCUT2D eigenvalue weighted by molar-refractivity contribution is 5.76. The minimum absolute atomic E-state index is 0.138. The van der Waals surface area contributed by atoms with E-state index in [1.54, 1.807) is 11.0 Å². The van der Waals surface area contributed by atoms with E-state index in [1.165, 1.54) is 11.9 Å². The standard InChI is InChI=1S/C19H27N5O/c1-2-10-24(19(25)14-23-16-20-15-21-23)18-9-6-11-22(13-18)12-17-7-4-3-5-8-17/h3-5,7-8,15-16,18H,2,6,9-14H2,1H3. The van der Waals surface area contributed by atoms with Gasteiger partial charge in [-0.1, -0.05) is 37.3 Å². The molecule has 134 valence electrons. The lowest BCUT2D eigenvalue weighted by Gasteiger charge is -2.39. The predicted molar refractivity (Wildman–Crippen MR) is 96.8 cm³/mol. The van der Waals surface area contributed by atoms with Crippen molar-refractivity contribution in [1.82, 2.24) is 24.6 Å². The number of carbonyl (C=O) groups excluding carboxylic acids is 1. The monoisotopic (exact) mass is 341 g/mol. The SMILES string of the molecule is CCCN(C(=O)Cn1cncn1)C1CCCN(Cc2ccccc2)C1. The van der Waals surface area contributed by atoms with Gasteiger partial charge in [0.2, 0.25) is 5.91 Å². The molecule has 3 rings (SSSR count). The Labute approximate surface area is 149 Å². The maximum atomic E-state index is 12.8. The number of rotatable bonds is 7. The minimum atomic E-state index is 0.138. The van der Waals surface area contributed by atoms with Gasteiger partial charge in [-0.25, -0.2) is 9.67 Å². The second-order valence-corrected chi connectivity index (χ2v) is 6.70. The van der Waals surface area contributed by atoms with Crippen LogP contribution in [0.25, 0.3) is 0 Å². The maximum Gasteiger partial charge on any atom is 0.244 e. The Kier molecular flexibility index (Phi) is 6.17. The van der Waals surface area contributed by atoms with Gasteiger partial charge in [-0.15, -0.1) is 0 Å². The summed E-state index contributed by atoms with van der Waals surface area (Å²) in [5.41, 5.74) is 1.33. The van der Waals surface area contributed by atoms with Crippen LogP contribution in [0, 0.1) is 0 Å². The molecule has 0 spiro atoms. The summed E-state index contributed by atoms with van der Waals surface area (Å²) in [4.78, 5) is 21.2. The largest absolute Gasteiger partial charge is 0.337 e. The summed E-state index contributed by atoms with van der Waals surface area (Å²) >= 11 is 0. The fourth-order valence-electron chi connectivity index (χ4n) is 3.57. The molecule has 6 nitrogen and oxygen atoms in total. The van der Waals surface area contributed by atoms with Crippen molar-refractivity contribution in [3.63, 3.8) is 0 Å². The van der Waals surface area contributed by atoms with Crippen LogP contribution in [0.15, 0.2) is 43.0 Å². The van der Waals surface area contributed by atoms with E-state index >= 15 is 0 Å². The summed E-state index contributed by atoms with van der Waals surface area (Å²) in [6.45, 7) is 6.20. The van der Waals surface area contributed by atoms with Crippen molar-refractivity contribution < 1.29 is 4.79 Å². The summed E-state index contributed by atoms with van der Waals surface area (Å²) in [5, 5.41) is 4.06. The van der Waals surface area contributed by atoms with Gasteiger partial charge in [0.1, 0.15) is 19.2 Å². The van der Waals surface area contributed by atoms with Crippen molar-refractivity contribution in [1.29, 1.82) is 0 Å². The highest BCUT2D eigenvalue weighted by Crippen LogP contribution is 2.19. The molecule has 0 radical (unpaired) electrons. The second kappa shape index (κ2) is 8.76. The summed E-state index contributed by atoms with van der Waals surface area (Å²) in [6.07, 6.45) is 6.26. The predicted octanol–water partition coefficient (Wildman–Crippen LogP) is 2.18. The Hall–Kier alpha value is -2.21. The van der Waals surface area contributed by atoms with E-state index in [1.807, 2.05) is 6.07 Å². The molecular weight excluding hydrogens is 314 g/mol. The zero-order chi connectivity index (χ0) is 17.5. The van der Waals surface area contributed by atoms with E-state index < -0.39 is 0 Å². The quantitative estimate of drug-likeness (QED) is 0.775. The van der Waals surface area contributed by atoms with Crippen molar-refractivity contribution in [3.8, 4) is 0 Å². The van der Waals surface area contributed by atoms with Crippen molar-refractivity contribution in [3.05, 3.63) is 48.5 Å². The average molecular weight is 341 g/mol. The molecule has 1 aromatic heterocycles. The maximum absolute atomic E-state index is 12.8. The molecule has 1 fully saturated rings. The third kappa shape index (κ3) is 4.89. The smallest absolute Gasteiger partial charge is 0.244 e. The molecule has 1 aliphatic heterocycles. The molecular formula is C19H27N5O. The number of amides is 1. The first kappa shape index (κ1) is 17.6. The van der Waals surface area contributed by atoms with Gasteiger partial charge >= 0.3 is 0 Å². The molecule has 2 heterocycles. The van der Waals surface area contributed by atoms with E-state index in [0.717, 1.165) is 45.4 Å². The molecule has 1 saturated heterocycles. The number of hydrogen-bond donors (Lipinski definition) is 0. The van der Waals surface area contributed by atoms with Crippen LogP contribution in [0.1, 0.15) is 31.7 Å². The van der Waals surface area contributed by atoms with Crippen molar-refractivity contribution in [2.24, 2.45) is 0 Å². The zero-order valence-electron chi connectivity index (χ0n) is 14.9. The first-order chi connectivity index (χ1) is 12.3. The van der Waals surface area contributed by atoms with Crippen LogP contribution in [-0.2, 0) is 17.9 Å². The van der Waals surface area contributed by atoms with E-state index in [9.17, 15) is 4.79 Å². The number of likely N-dealkylation sites (tertiary alicyclic amines) is 1. The Bertz CT molecular complexity index is 643. The molecule has 2 aromatic rings. The van der Waals surface area contributed by atoms with Gasteiger partial charge in [0.05, 0.1) is 0 Å². The lowest BCUT2D eigenvalue weighted by atomic mass is 10.0. The molecule has 25 heavy (non-hydrogen) atoms. The van der Waals surface area contributed by atoms with Gasteiger partial charge in [-0.3, -0.25) is 9.69 Å². The first-order valence-corrected chi connectivity index (χ1v) is 9.14. The van der Waals surface area contributed by atoms with Crippen LogP contribution in [0.4, 0.5) is 0 Å². The van der Waals surface area contributed by atoms with E-state index in [4.69, 9.17) is 0 Å². The van der Waals surface area contributed by atoms with Crippen molar-refractivity contribution >= 4 is 5.91 Å². The Morgan fingerprint density at radius 1 is 1.32 bits per heavy atom. The van der Waals surface area contributed by atoms with Crippen LogP contribution in [0.2, 0.25) is 0 Å². The zero-order valence-corrected chi connectivity index (χ0v) is 14.9. The van der Waals surface area contributed by atoms with E-state index in [-0.39, 0.29) is 18.5 Å². The highest BCUT2D eigenvalue weighted by Gasteiger charge is 2.28. The first-order valence-electron chi connectivity index (χ1n) is 9.14. The van der Waals surface area contributed by atoms with Gasteiger partial charge < -0.3 is 4.90 Å². The summed E-state index contributed by atoms with van der Waals surface area (Å²) in [6, 6.07) is 10.8. The minimum Gasteiger partial charge on any atom is -0.337 e. The Balaban J connectivity index is 1.62. The molecule has 0 aliphatic carbocycles. The van der Waals surface area contributed by atoms with Crippen molar-refractivity contribution in [2.45, 2.75) is 45.3 Å². The Morgan fingerprint density at radius 2 is 2.16 bits per heavy atom. The summed E-state index contributed by atoms with van der Waals surface area (Å²) < 4.78 is 1.61. The second-order valence-electron chi connectivity index (χ2n) is 6.70.